The first-order chi connectivity index (χ1) is 13.0. The molecule has 138 valence electrons. The molecule has 0 amide bonds. The number of aryl methyl sites for hydroxylation is 1. The minimum atomic E-state index is -0.894. The number of aliphatic hydroxyl groups is 1. The molecule has 0 aliphatic carbocycles. The Hall–Kier alpha value is -2.36. The van der Waals surface area contributed by atoms with Gasteiger partial charge >= 0.3 is 0 Å². The maximum Gasteiger partial charge on any atom is 0.199 e. The second-order valence-corrected chi connectivity index (χ2v) is 7.40. The number of ketones is 1. The smallest absolute Gasteiger partial charge is 0.199 e. The summed E-state index contributed by atoms with van der Waals surface area (Å²) < 4.78 is 5.83. The van der Waals surface area contributed by atoms with Crippen LogP contribution in [0.2, 0.25) is 5.02 Å². The van der Waals surface area contributed by atoms with Gasteiger partial charge in [-0.05, 0) is 65.4 Å². The highest BCUT2D eigenvalue weighted by atomic mass is 35.5. The predicted octanol–water partition coefficient (Wildman–Crippen LogP) is 5.53. The Morgan fingerprint density at radius 3 is 2.48 bits per heavy atom. The molecule has 27 heavy (non-hydrogen) atoms. The largest absolute Gasteiger partial charge is 0.508 e. The van der Waals surface area contributed by atoms with Gasteiger partial charge in [0.2, 0.25) is 0 Å². The minimum absolute atomic E-state index is 0.0166. The summed E-state index contributed by atoms with van der Waals surface area (Å²) in [6, 6.07) is 13.6. The van der Waals surface area contributed by atoms with Gasteiger partial charge in [0.05, 0.1) is 5.57 Å². The van der Waals surface area contributed by atoms with Gasteiger partial charge in [0.1, 0.15) is 17.5 Å². The van der Waals surface area contributed by atoms with Crippen molar-refractivity contribution in [3.63, 3.8) is 0 Å². The second-order valence-electron chi connectivity index (χ2n) is 6.96. The second kappa shape index (κ2) is 6.66. The fourth-order valence-electron chi connectivity index (χ4n) is 3.86. The third-order valence-corrected chi connectivity index (χ3v) is 5.73. The van der Waals surface area contributed by atoms with E-state index in [1.807, 2.05) is 62.4 Å². The molecule has 2 atom stereocenters. The van der Waals surface area contributed by atoms with Crippen molar-refractivity contribution in [2.75, 3.05) is 0 Å². The number of benzene rings is 2. The number of hydrogen-bond acceptors (Lipinski definition) is 3. The summed E-state index contributed by atoms with van der Waals surface area (Å²) in [5.74, 6) is -0.170. The van der Waals surface area contributed by atoms with Crippen LogP contribution in [0.4, 0.5) is 0 Å². The molecule has 4 rings (SSSR count). The zero-order valence-electron chi connectivity index (χ0n) is 15.3. The Balaban J connectivity index is 1.90. The van der Waals surface area contributed by atoms with E-state index >= 15 is 0 Å². The third kappa shape index (κ3) is 2.82. The van der Waals surface area contributed by atoms with E-state index in [-0.39, 0.29) is 11.5 Å². The Kier molecular flexibility index (Phi) is 4.45. The molecular weight excluding hydrogens is 360 g/mol. The zero-order chi connectivity index (χ0) is 19.2. The monoisotopic (exact) mass is 380 g/mol. The predicted molar refractivity (Wildman–Crippen MR) is 108 cm³/mol. The van der Waals surface area contributed by atoms with E-state index in [0.717, 1.165) is 28.7 Å². The van der Waals surface area contributed by atoms with E-state index in [0.29, 0.717) is 17.0 Å². The fraction of sp³-hybridized carbons (Fsp3) is 0.261. The van der Waals surface area contributed by atoms with Crippen LogP contribution in [-0.2, 0) is 16.0 Å². The Morgan fingerprint density at radius 2 is 1.81 bits per heavy atom. The van der Waals surface area contributed by atoms with Gasteiger partial charge in [0.25, 0.3) is 0 Å². The van der Waals surface area contributed by atoms with Crippen molar-refractivity contribution in [3.8, 4) is 11.1 Å². The summed E-state index contributed by atoms with van der Waals surface area (Å²) in [6.45, 7) is 3.99. The van der Waals surface area contributed by atoms with Crippen LogP contribution in [0.15, 0.2) is 60.4 Å². The molecule has 2 aliphatic heterocycles. The first-order valence-electron chi connectivity index (χ1n) is 9.23. The van der Waals surface area contributed by atoms with Gasteiger partial charge in [-0.25, -0.2) is 0 Å². The van der Waals surface area contributed by atoms with Crippen LogP contribution in [0.5, 0.6) is 0 Å². The number of hydrogen-bond donors (Lipinski definition) is 1. The molecule has 0 unspecified atom stereocenters. The molecule has 0 fully saturated rings. The third-order valence-electron chi connectivity index (χ3n) is 5.48. The quantitative estimate of drug-likeness (QED) is 0.710. The number of rotatable bonds is 4. The standard InChI is InChI=1S/C23H21ClO3/c1-3-14-5-6-16(15-7-9-17(24)10-8-15)13-18(14)20-21(25)19-11-12-23(4-2,27-19)22(20)26/h5-13,19,26H,3-4H2,1-2H3/t19-,23-/m1/s1. The number of ether oxygens (including phenoxy) is 1. The number of halogens is 1. The van der Waals surface area contributed by atoms with Crippen LogP contribution in [0, 0.1) is 0 Å². The number of fused-ring (bicyclic) bond motifs is 2. The van der Waals surface area contributed by atoms with Crippen molar-refractivity contribution in [2.24, 2.45) is 0 Å². The molecule has 2 aromatic rings. The van der Waals surface area contributed by atoms with Crippen molar-refractivity contribution in [1.29, 1.82) is 0 Å². The van der Waals surface area contributed by atoms with E-state index in [2.05, 4.69) is 0 Å². The number of aliphatic hydroxyl groups excluding tert-OH is 1. The molecule has 3 nitrogen and oxygen atoms in total. The summed E-state index contributed by atoms with van der Waals surface area (Å²) >= 11 is 6.00. The van der Waals surface area contributed by atoms with Gasteiger partial charge in [0, 0.05) is 5.02 Å². The average Bonchev–Trinajstić information content (AvgIpc) is 3.10. The topological polar surface area (TPSA) is 46.5 Å². The number of carbonyl (C=O) groups is 1. The highest BCUT2D eigenvalue weighted by molar-refractivity contribution is 6.30. The van der Waals surface area contributed by atoms with Crippen LogP contribution < -0.4 is 0 Å². The van der Waals surface area contributed by atoms with E-state index in [1.165, 1.54) is 0 Å². The molecule has 1 N–H and O–H groups in total. The summed E-state index contributed by atoms with van der Waals surface area (Å²) in [6.07, 6.45) is 4.27. The summed E-state index contributed by atoms with van der Waals surface area (Å²) in [7, 11) is 0. The molecular formula is C23H21ClO3. The van der Waals surface area contributed by atoms with E-state index in [1.54, 1.807) is 6.08 Å². The lowest BCUT2D eigenvalue weighted by molar-refractivity contribution is -0.129. The molecule has 0 saturated carbocycles. The van der Waals surface area contributed by atoms with Crippen LogP contribution in [0.3, 0.4) is 0 Å². The maximum atomic E-state index is 13.0. The summed E-state index contributed by atoms with van der Waals surface area (Å²) in [4.78, 5) is 13.0. The first-order valence-corrected chi connectivity index (χ1v) is 9.61. The van der Waals surface area contributed by atoms with Gasteiger partial charge < -0.3 is 9.84 Å². The molecule has 0 spiro atoms. The fourth-order valence-corrected chi connectivity index (χ4v) is 3.99. The molecule has 2 aliphatic rings. The van der Waals surface area contributed by atoms with Gasteiger partial charge in [-0.1, -0.05) is 49.7 Å². The SMILES string of the molecule is CCc1ccc(-c2ccc(Cl)cc2)cc1C1=C(O)[C@@]2(CC)C=C[C@@H](O2)C1=O. The Morgan fingerprint density at radius 1 is 1.11 bits per heavy atom. The number of carbonyl (C=O) groups excluding carboxylic acids is 1. The van der Waals surface area contributed by atoms with Gasteiger partial charge in [-0.2, -0.15) is 0 Å². The van der Waals surface area contributed by atoms with Crippen LogP contribution in [-0.4, -0.2) is 22.6 Å². The molecule has 0 aromatic heterocycles. The van der Waals surface area contributed by atoms with E-state index < -0.39 is 11.7 Å². The van der Waals surface area contributed by atoms with Gasteiger partial charge in [-0.3, -0.25) is 4.79 Å². The lowest BCUT2D eigenvalue weighted by Crippen LogP contribution is -2.40. The van der Waals surface area contributed by atoms with E-state index in [9.17, 15) is 9.90 Å². The van der Waals surface area contributed by atoms with Crippen molar-refractivity contribution in [2.45, 2.75) is 38.4 Å². The molecule has 4 heteroatoms. The number of Topliss-reactive ketones (excluding diaryl/α,β-unsaturated/α-hetero) is 1. The molecule has 2 bridgehead atoms. The van der Waals surface area contributed by atoms with Crippen LogP contribution in [0.1, 0.15) is 31.4 Å². The molecule has 2 heterocycles. The average molecular weight is 381 g/mol. The zero-order valence-corrected chi connectivity index (χ0v) is 16.1. The Labute approximate surface area is 163 Å². The summed E-state index contributed by atoms with van der Waals surface area (Å²) in [5, 5.41) is 11.7. The summed E-state index contributed by atoms with van der Waals surface area (Å²) in [5.41, 5.74) is 3.27. The van der Waals surface area contributed by atoms with Gasteiger partial charge in [-0.15, -0.1) is 0 Å². The minimum Gasteiger partial charge on any atom is -0.508 e. The highest BCUT2D eigenvalue weighted by Gasteiger charge is 2.48. The molecule has 2 aromatic carbocycles. The van der Waals surface area contributed by atoms with Gasteiger partial charge in [0.15, 0.2) is 5.78 Å². The van der Waals surface area contributed by atoms with Crippen LogP contribution >= 0.6 is 11.6 Å². The van der Waals surface area contributed by atoms with Crippen LogP contribution in [0.25, 0.3) is 16.7 Å². The maximum absolute atomic E-state index is 13.0. The highest BCUT2D eigenvalue weighted by Crippen LogP contribution is 2.44. The van der Waals surface area contributed by atoms with Crippen molar-refractivity contribution in [1.82, 2.24) is 0 Å². The normalized spacial score (nSPS) is 24.0. The van der Waals surface area contributed by atoms with Crippen molar-refractivity contribution >= 4 is 23.0 Å². The molecule has 0 saturated heterocycles. The lowest BCUT2D eigenvalue weighted by atomic mass is 9.85. The Bertz CT molecular complexity index is 972. The van der Waals surface area contributed by atoms with Crippen molar-refractivity contribution < 1.29 is 14.6 Å². The molecule has 0 radical (unpaired) electrons. The lowest BCUT2D eigenvalue weighted by Gasteiger charge is -2.33. The van der Waals surface area contributed by atoms with E-state index in [4.69, 9.17) is 16.3 Å². The first kappa shape index (κ1) is 18.0. The van der Waals surface area contributed by atoms with Crippen molar-refractivity contribution in [3.05, 3.63) is 76.5 Å².